The van der Waals surface area contributed by atoms with E-state index in [1.807, 2.05) is 72.8 Å². The summed E-state index contributed by atoms with van der Waals surface area (Å²) in [5, 5.41) is 0. The molecule has 6 nitrogen and oxygen atoms in total. The molecular formula is C32H32Cl2N4O2Zr. The van der Waals surface area contributed by atoms with Crippen LogP contribution in [0, 0.1) is 13.8 Å². The van der Waals surface area contributed by atoms with E-state index >= 15 is 0 Å². The maximum atomic E-state index is 6.48. The molecule has 2 aromatic heterocycles. The van der Waals surface area contributed by atoms with Crippen molar-refractivity contribution in [2.45, 2.75) is 24.7 Å². The minimum absolute atomic E-state index is 0.0134. The van der Waals surface area contributed by atoms with Gasteiger partial charge in [0.1, 0.15) is 0 Å². The number of nitrogens with zero attached hydrogens (tertiary/aromatic N) is 4. The van der Waals surface area contributed by atoms with Gasteiger partial charge in [0.15, 0.2) is 12.5 Å². The fourth-order valence-corrected chi connectivity index (χ4v) is 5.28. The molecule has 0 N–H and O–H groups in total. The van der Waals surface area contributed by atoms with Crippen molar-refractivity contribution in [2.24, 2.45) is 0 Å². The van der Waals surface area contributed by atoms with Crippen LogP contribution in [-0.4, -0.2) is 45.9 Å². The number of aromatic nitrogens is 2. The van der Waals surface area contributed by atoms with Gasteiger partial charge < -0.3 is 33.1 Å². The fourth-order valence-electron chi connectivity index (χ4n) is 5.28. The van der Waals surface area contributed by atoms with Crippen LogP contribution >= 0.6 is 17.0 Å². The van der Waals surface area contributed by atoms with Crippen molar-refractivity contribution in [1.29, 1.82) is 0 Å². The summed E-state index contributed by atoms with van der Waals surface area (Å²) in [5.74, 6) is 0. The second kappa shape index (κ2) is 15.0. The molecule has 2 aliphatic rings. The number of ether oxygens (including phenoxy) is 2. The van der Waals surface area contributed by atoms with E-state index in [1.54, 1.807) is 0 Å². The first-order valence-electron chi connectivity index (χ1n) is 13.5. The van der Waals surface area contributed by atoms with E-state index in [4.69, 9.17) is 36.5 Å². The maximum absolute atomic E-state index is 6.48. The van der Waals surface area contributed by atoms with Crippen LogP contribution in [0.2, 0.25) is 0 Å². The summed E-state index contributed by atoms with van der Waals surface area (Å²) in [5.41, 5.74) is 5.66. The molecule has 0 amide bonds. The van der Waals surface area contributed by atoms with Crippen LogP contribution in [0.1, 0.15) is 47.2 Å². The van der Waals surface area contributed by atoms with E-state index in [1.165, 1.54) is 11.1 Å². The van der Waals surface area contributed by atoms with Crippen molar-refractivity contribution in [3.8, 4) is 11.4 Å². The molecule has 0 aliphatic carbocycles. The number of hydrogen-bond acceptors (Lipinski definition) is 6. The molecule has 210 valence electrons. The van der Waals surface area contributed by atoms with E-state index in [2.05, 4.69) is 47.9 Å². The number of rotatable bonds is 7. The Morgan fingerprint density at radius 2 is 1.02 bits per heavy atom. The van der Waals surface area contributed by atoms with Crippen LogP contribution in [-0.2, 0) is 30.3 Å². The van der Waals surface area contributed by atoms with E-state index < -0.39 is 20.8 Å². The molecule has 2 aromatic carbocycles. The summed E-state index contributed by atoms with van der Waals surface area (Å²) in [6.45, 7) is 11.1. The zero-order valence-corrected chi connectivity index (χ0v) is 26.6. The minimum atomic E-state index is -0.826. The molecule has 2 saturated heterocycles. The molecule has 41 heavy (non-hydrogen) atoms. The number of halogens is 2. The summed E-state index contributed by atoms with van der Waals surface area (Å²) < 4.78 is 13.0. The van der Waals surface area contributed by atoms with Crippen LogP contribution in [0.3, 0.4) is 0 Å². The van der Waals surface area contributed by atoms with E-state index in [-0.39, 0.29) is 24.7 Å². The molecule has 4 atom stereocenters. The molecule has 2 fully saturated rings. The van der Waals surface area contributed by atoms with Crippen molar-refractivity contribution < 1.29 is 30.3 Å². The van der Waals surface area contributed by atoms with Gasteiger partial charge in [-0.15, -0.1) is 13.1 Å². The molecular weight excluding hydrogens is 635 g/mol. The predicted molar refractivity (Wildman–Crippen MR) is 159 cm³/mol. The summed E-state index contributed by atoms with van der Waals surface area (Å²) in [6, 6.07) is 32.7. The molecule has 0 bridgehead atoms. The Hall–Kier alpha value is -1.96. The first-order chi connectivity index (χ1) is 20.1. The number of pyridine rings is 2. The molecule has 9 heteroatoms. The van der Waals surface area contributed by atoms with Gasteiger partial charge in [0, 0.05) is 13.1 Å². The van der Waals surface area contributed by atoms with Gasteiger partial charge in [0.05, 0.1) is 35.0 Å². The molecule has 6 rings (SSSR count). The Labute approximate surface area is 261 Å². The van der Waals surface area contributed by atoms with Gasteiger partial charge in [-0.1, -0.05) is 72.8 Å². The first kappa shape index (κ1) is 30.5. The van der Waals surface area contributed by atoms with Crippen molar-refractivity contribution in [1.82, 2.24) is 19.8 Å². The standard InChI is InChI=1S/C32H32N4O2.2ClH.Zr/c1-3-35-21-29(23-13-7-5-8-14-23)37-31(35)27-19-11-17-25(33-27)26-18-12-20-28(34-26)32-36(4-2)22-30(38-32)24-15-9-6-10-16-24;;;/h5-20,29-32H,1-4,21-22H2;2*1H;/q-2;;;+4/p-2. The first-order valence-corrected chi connectivity index (χ1v) is 19.9. The molecule has 0 spiro atoms. The third-order valence-electron chi connectivity index (χ3n) is 7.28. The Morgan fingerprint density at radius 1 is 0.634 bits per heavy atom. The van der Waals surface area contributed by atoms with Gasteiger partial charge in [0.25, 0.3) is 0 Å². The zero-order chi connectivity index (χ0) is 28.6. The Kier molecular flexibility index (Phi) is 11.1. The van der Waals surface area contributed by atoms with Crippen LogP contribution in [0.5, 0.6) is 0 Å². The average molecular weight is 667 g/mol. The van der Waals surface area contributed by atoms with Gasteiger partial charge in [-0.3, -0.25) is 0 Å². The summed E-state index contributed by atoms with van der Waals surface area (Å²) in [7, 11) is 9.87. The van der Waals surface area contributed by atoms with Crippen molar-refractivity contribution in [3.05, 3.63) is 133 Å². The molecule has 4 heterocycles. The van der Waals surface area contributed by atoms with Crippen molar-refractivity contribution in [2.75, 3.05) is 26.2 Å². The van der Waals surface area contributed by atoms with Crippen molar-refractivity contribution >= 4 is 17.0 Å². The van der Waals surface area contributed by atoms with Gasteiger partial charge >= 0.3 is 37.9 Å². The molecule has 2 aliphatic heterocycles. The third kappa shape index (κ3) is 7.34. The quantitative estimate of drug-likeness (QED) is 0.193. The summed E-state index contributed by atoms with van der Waals surface area (Å²) in [4.78, 5) is 14.4. The van der Waals surface area contributed by atoms with E-state index in [0.29, 0.717) is 13.1 Å². The van der Waals surface area contributed by atoms with Gasteiger partial charge in [-0.05, 0) is 35.4 Å². The molecule has 4 unspecified atom stereocenters. The monoisotopic (exact) mass is 664 g/mol. The van der Waals surface area contributed by atoms with Crippen LogP contribution in [0.15, 0.2) is 97.1 Å². The number of benzene rings is 2. The average Bonchev–Trinajstić information content (AvgIpc) is 3.68. The molecule has 0 saturated carbocycles. The zero-order valence-electron chi connectivity index (χ0n) is 22.7. The van der Waals surface area contributed by atoms with Crippen LogP contribution in [0.4, 0.5) is 0 Å². The van der Waals surface area contributed by atoms with Gasteiger partial charge in [-0.2, -0.15) is 0 Å². The van der Waals surface area contributed by atoms with E-state index in [0.717, 1.165) is 35.9 Å². The molecule has 4 aromatic rings. The normalized spacial score (nSPS) is 22.6. The second-order valence-electron chi connectivity index (χ2n) is 9.73. The van der Waals surface area contributed by atoms with Gasteiger partial charge in [-0.25, -0.2) is 9.97 Å². The Bertz CT molecular complexity index is 1280. The molecule has 0 radical (unpaired) electrons. The van der Waals surface area contributed by atoms with E-state index in [9.17, 15) is 0 Å². The SMILES string of the molecule is [CH2-]CN1CC(c2ccccc2)OC1c1cccc(-c2cccc(C3OC(c4ccccc4)CN3C[CH2-])n2)n1.[Cl][Zr+2][Cl]. The predicted octanol–water partition coefficient (Wildman–Crippen LogP) is 7.33. The van der Waals surface area contributed by atoms with Crippen molar-refractivity contribution in [3.63, 3.8) is 0 Å². The Morgan fingerprint density at radius 3 is 1.39 bits per heavy atom. The Balaban J connectivity index is 0.00000108. The summed E-state index contributed by atoms with van der Waals surface area (Å²) >= 11 is -0.826. The van der Waals surface area contributed by atoms with Crippen LogP contribution < -0.4 is 0 Å². The summed E-state index contributed by atoms with van der Waals surface area (Å²) in [6.07, 6.45) is -0.541. The third-order valence-corrected chi connectivity index (χ3v) is 7.28. The number of hydrogen-bond donors (Lipinski definition) is 0. The van der Waals surface area contributed by atoms with Crippen LogP contribution in [0.25, 0.3) is 11.4 Å². The second-order valence-corrected chi connectivity index (χ2v) is 13.5. The fraction of sp³-hybridized carbons (Fsp3) is 0.250. The topological polar surface area (TPSA) is 50.7 Å². The van der Waals surface area contributed by atoms with Gasteiger partial charge in [0.2, 0.25) is 0 Å².